The molecule has 1 unspecified atom stereocenters. The second kappa shape index (κ2) is 13.5. The van der Waals surface area contributed by atoms with Crippen LogP contribution in [0.3, 0.4) is 0 Å². The van der Waals surface area contributed by atoms with Crippen LogP contribution < -0.4 is 10.1 Å². The highest BCUT2D eigenvalue weighted by molar-refractivity contribution is 5.82. The summed E-state index contributed by atoms with van der Waals surface area (Å²) >= 11 is 0. The summed E-state index contributed by atoms with van der Waals surface area (Å²) in [5, 5.41) is 2.49. The molecule has 0 aliphatic carbocycles. The van der Waals surface area contributed by atoms with Crippen LogP contribution in [0.15, 0.2) is 54.6 Å². The summed E-state index contributed by atoms with van der Waals surface area (Å²) in [4.78, 5) is 49.0. The highest BCUT2D eigenvalue weighted by Gasteiger charge is 2.27. The molecule has 10 nitrogen and oxygen atoms in total. The van der Waals surface area contributed by atoms with Gasteiger partial charge in [-0.1, -0.05) is 42.5 Å². The molecular formula is C28H35NO9. The van der Waals surface area contributed by atoms with Gasteiger partial charge in [0.1, 0.15) is 24.0 Å². The third kappa shape index (κ3) is 11.3. The number of carbonyl (C=O) groups is 4. The molecule has 0 radical (unpaired) electrons. The SMILES string of the molecule is CC(C)(C)OC(=O)Oc1ccc(CC(NC(=O)OCc2ccccc2)C(=O)OCOC(=O)C(C)(C)C)cc1. The van der Waals surface area contributed by atoms with Crippen molar-refractivity contribution >= 4 is 24.2 Å². The first kappa shape index (κ1) is 30.1. The van der Waals surface area contributed by atoms with E-state index in [0.29, 0.717) is 5.56 Å². The fraction of sp³-hybridized carbons (Fsp3) is 0.429. The molecule has 0 saturated carbocycles. The highest BCUT2D eigenvalue weighted by atomic mass is 16.7. The van der Waals surface area contributed by atoms with Crippen LogP contribution in [0.4, 0.5) is 9.59 Å². The Labute approximate surface area is 222 Å². The third-order valence-electron chi connectivity index (χ3n) is 4.75. The van der Waals surface area contributed by atoms with E-state index >= 15 is 0 Å². The van der Waals surface area contributed by atoms with Gasteiger partial charge in [-0.3, -0.25) is 4.79 Å². The van der Waals surface area contributed by atoms with Crippen LogP contribution in [0, 0.1) is 5.41 Å². The third-order valence-corrected chi connectivity index (χ3v) is 4.75. The van der Waals surface area contributed by atoms with Crippen molar-refractivity contribution in [3.05, 3.63) is 65.7 Å². The molecule has 0 saturated heterocycles. The van der Waals surface area contributed by atoms with Crippen molar-refractivity contribution in [3.8, 4) is 5.75 Å². The lowest BCUT2D eigenvalue weighted by Gasteiger charge is -2.20. The molecule has 1 atom stereocenters. The molecule has 10 heteroatoms. The van der Waals surface area contributed by atoms with Crippen LogP contribution in [0.2, 0.25) is 0 Å². The second-order valence-corrected chi connectivity index (χ2v) is 10.4. The average molecular weight is 530 g/mol. The number of carbonyl (C=O) groups excluding carboxylic acids is 4. The topological polar surface area (TPSA) is 126 Å². The molecule has 2 aromatic rings. The van der Waals surface area contributed by atoms with Crippen molar-refractivity contribution in [2.24, 2.45) is 5.41 Å². The van der Waals surface area contributed by atoms with E-state index in [4.69, 9.17) is 23.7 Å². The Morgan fingerprint density at radius 3 is 2.00 bits per heavy atom. The van der Waals surface area contributed by atoms with E-state index in [9.17, 15) is 19.2 Å². The van der Waals surface area contributed by atoms with Crippen molar-refractivity contribution in [2.75, 3.05) is 6.79 Å². The Morgan fingerprint density at radius 2 is 1.42 bits per heavy atom. The van der Waals surface area contributed by atoms with Crippen LogP contribution in [0.1, 0.15) is 52.7 Å². The van der Waals surface area contributed by atoms with Gasteiger partial charge in [0.05, 0.1) is 5.41 Å². The maximum absolute atomic E-state index is 12.8. The van der Waals surface area contributed by atoms with Gasteiger partial charge < -0.3 is 29.0 Å². The van der Waals surface area contributed by atoms with E-state index in [-0.39, 0.29) is 18.8 Å². The molecule has 1 N–H and O–H groups in total. The van der Waals surface area contributed by atoms with E-state index in [1.54, 1.807) is 65.8 Å². The Bertz CT molecular complexity index is 1080. The number of nitrogens with one attached hydrogen (secondary N) is 1. The average Bonchev–Trinajstić information content (AvgIpc) is 2.82. The van der Waals surface area contributed by atoms with Gasteiger partial charge in [-0.2, -0.15) is 0 Å². The number of benzene rings is 2. The monoisotopic (exact) mass is 529 g/mol. The Balaban J connectivity index is 2.03. The molecule has 0 spiro atoms. The molecular weight excluding hydrogens is 494 g/mol. The Morgan fingerprint density at radius 1 is 0.789 bits per heavy atom. The van der Waals surface area contributed by atoms with Crippen molar-refractivity contribution < 1.29 is 42.9 Å². The summed E-state index contributed by atoms with van der Waals surface area (Å²) in [5.41, 5.74) is -0.0731. The van der Waals surface area contributed by atoms with E-state index in [2.05, 4.69) is 5.32 Å². The van der Waals surface area contributed by atoms with Gasteiger partial charge in [0.2, 0.25) is 6.79 Å². The number of alkyl carbamates (subject to hydrolysis) is 1. The van der Waals surface area contributed by atoms with E-state index in [1.807, 2.05) is 18.2 Å². The quantitative estimate of drug-likeness (QED) is 0.208. The zero-order chi connectivity index (χ0) is 28.3. The molecule has 0 aliphatic rings. The highest BCUT2D eigenvalue weighted by Crippen LogP contribution is 2.17. The fourth-order valence-corrected chi connectivity index (χ4v) is 2.85. The van der Waals surface area contributed by atoms with E-state index < -0.39 is 48.0 Å². The summed E-state index contributed by atoms with van der Waals surface area (Å²) < 4.78 is 25.6. The van der Waals surface area contributed by atoms with Gasteiger partial charge in [0.15, 0.2) is 0 Å². The predicted molar refractivity (Wildman–Crippen MR) is 137 cm³/mol. The molecule has 0 aliphatic heterocycles. The zero-order valence-corrected chi connectivity index (χ0v) is 22.6. The minimum atomic E-state index is -1.15. The minimum absolute atomic E-state index is 0.00827. The van der Waals surface area contributed by atoms with Gasteiger partial charge in [-0.15, -0.1) is 0 Å². The number of esters is 2. The first-order valence-electron chi connectivity index (χ1n) is 12.0. The maximum Gasteiger partial charge on any atom is 0.514 e. The molecule has 0 aromatic heterocycles. The molecule has 38 heavy (non-hydrogen) atoms. The lowest BCUT2D eigenvalue weighted by Crippen LogP contribution is -2.44. The van der Waals surface area contributed by atoms with E-state index in [1.165, 1.54) is 12.1 Å². The fourth-order valence-electron chi connectivity index (χ4n) is 2.85. The van der Waals surface area contributed by atoms with E-state index in [0.717, 1.165) is 5.56 Å². The summed E-state index contributed by atoms with van der Waals surface area (Å²) in [6.07, 6.45) is -1.65. The number of amides is 1. The summed E-state index contributed by atoms with van der Waals surface area (Å²) in [5.74, 6) is -1.12. The Hall–Kier alpha value is -4.08. The van der Waals surface area contributed by atoms with Crippen molar-refractivity contribution in [3.63, 3.8) is 0 Å². The van der Waals surface area contributed by atoms with Gasteiger partial charge in [0.25, 0.3) is 0 Å². The summed E-state index contributed by atoms with van der Waals surface area (Å²) in [6, 6.07) is 14.2. The molecule has 1 amide bonds. The van der Waals surface area contributed by atoms with Gasteiger partial charge >= 0.3 is 24.2 Å². The second-order valence-electron chi connectivity index (χ2n) is 10.4. The zero-order valence-electron chi connectivity index (χ0n) is 22.6. The van der Waals surface area contributed by atoms with Gasteiger partial charge in [-0.05, 0) is 64.8 Å². The summed E-state index contributed by atoms with van der Waals surface area (Å²) in [6.45, 7) is 9.57. The number of rotatable bonds is 9. The maximum atomic E-state index is 12.8. The van der Waals surface area contributed by atoms with Crippen LogP contribution in [-0.4, -0.2) is 42.6 Å². The molecule has 0 heterocycles. The largest absolute Gasteiger partial charge is 0.514 e. The van der Waals surface area contributed by atoms with Crippen LogP contribution in [0.5, 0.6) is 5.75 Å². The molecule has 0 bridgehead atoms. The smallest absolute Gasteiger partial charge is 0.445 e. The normalized spacial score (nSPS) is 12.1. The lowest BCUT2D eigenvalue weighted by molar-refractivity contribution is -0.174. The first-order valence-corrected chi connectivity index (χ1v) is 12.0. The first-order chi connectivity index (χ1) is 17.7. The number of hydrogen-bond donors (Lipinski definition) is 1. The van der Waals surface area contributed by atoms with Crippen molar-refractivity contribution in [2.45, 2.75) is 66.2 Å². The molecule has 2 aromatic carbocycles. The van der Waals surface area contributed by atoms with Crippen LogP contribution >= 0.6 is 0 Å². The number of hydrogen-bond acceptors (Lipinski definition) is 9. The van der Waals surface area contributed by atoms with Crippen LogP contribution in [-0.2, 0) is 41.6 Å². The van der Waals surface area contributed by atoms with Crippen molar-refractivity contribution in [1.29, 1.82) is 0 Å². The molecule has 2 rings (SSSR count). The minimum Gasteiger partial charge on any atom is -0.445 e. The molecule has 206 valence electrons. The Kier molecular flexibility index (Phi) is 10.7. The van der Waals surface area contributed by atoms with Crippen LogP contribution in [0.25, 0.3) is 0 Å². The standard InChI is InChI=1S/C28H35NO9/c1-27(2,3)24(31)36-18-35-23(30)22(29-25(32)34-17-20-10-8-7-9-11-20)16-19-12-14-21(15-13-19)37-26(33)38-28(4,5)6/h7-15,22H,16-18H2,1-6H3,(H,29,32). The van der Waals surface area contributed by atoms with Gasteiger partial charge in [0, 0.05) is 6.42 Å². The van der Waals surface area contributed by atoms with Crippen molar-refractivity contribution in [1.82, 2.24) is 5.32 Å². The number of ether oxygens (including phenoxy) is 5. The lowest BCUT2D eigenvalue weighted by atomic mass is 9.98. The predicted octanol–water partition coefficient (Wildman–Crippen LogP) is 4.93. The molecule has 0 fully saturated rings. The van der Waals surface area contributed by atoms with Gasteiger partial charge in [-0.25, -0.2) is 14.4 Å². The summed E-state index contributed by atoms with van der Waals surface area (Å²) in [7, 11) is 0.